The average molecular weight is 243 g/mol. The number of pyridine rings is 1. The van der Waals surface area contributed by atoms with Crippen LogP contribution < -0.4 is 0 Å². The molecule has 4 nitrogen and oxygen atoms in total. The monoisotopic (exact) mass is 243 g/mol. The smallest absolute Gasteiger partial charge is 0.225 e. The molecular weight excluding hydrogens is 226 g/mol. The summed E-state index contributed by atoms with van der Waals surface area (Å²) in [5.74, 6) is 0.293. The average Bonchev–Trinajstić information content (AvgIpc) is 2.75. The second kappa shape index (κ2) is 4.12. The Bertz CT molecular complexity index is 600. The third kappa shape index (κ3) is 1.68. The van der Waals surface area contributed by atoms with Crippen molar-refractivity contribution in [3.63, 3.8) is 0 Å². The van der Waals surface area contributed by atoms with Crippen LogP contribution in [0.1, 0.15) is 25.1 Å². The fourth-order valence-corrected chi connectivity index (χ4v) is 2.62. The van der Waals surface area contributed by atoms with E-state index in [1.54, 1.807) is 6.20 Å². The van der Waals surface area contributed by atoms with Gasteiger partial charge in [0, 0.05) is 29.7 Å². The minimum absolute atomic E-state index is 0.0639. The zero-order valence-electron chi connectivity index (χ0n) is 10.7. The van der Waals surface area contributed by atoms with Crippen molar-refractivity contribution in [3.05, 3.63) is 29.6 Å². The summed E-state index contributed by atoms with van der Waals surface area (Å²) in [5, 5.41) is 1.20. The molecule has 4 heteroatoms. The lowest BCUT2D eigenvalue weighted by Gasteiger charge is -2.28. The SMILES string of the molecule is CC(C)C(=O)N1CCc2c([nH]c3ncccc23)C1. The van der Waals surface area contributed by atoms with Crippen molar-refractivity contribution in [3.8, 4) is 0 Å². The van der Waals surface area contributed by atoms with E-state index in [2.05, 4.69) is 16.0 Å². The first-order valence-corrected chi connectivity index (χ1v) is 6.40. The molecule has 0 spiro atoms. The van der Waals surface area contributed by atoms with Crippen LogP contribution in [0.25, 0.3) is 11.0 Å². The Morgan fingerprint density at radius 2 is 2.33 bits per heavy atom. The van der Waals surface area contributed by atoms with Gasteiger partial charge < -0.3 is 9.88 Å². The minimum atomic E-state index is 0.0639. The van der Waals surface area contributed by atoms with E-state index in [0.717, 1.165) is 24.3 Å². The summed E-state index contributed by atoms with van der Waals surface area (Å²) in [5.41, 5.74) is 3.40. The molecule has 1 aliphatic rings. The lowest BCUT2D eigenvalue weighted by Crippen LogP contribution is -2.38. The number of carbonyl (C=O) groups is 1. The molecule has 0 aromatic carbocycles. The highest BCUT2D eigenvalue weighted by Gasteiger charge is 2.25. The van der Waals surface area contributed by atoms with Crippen molar-refractivity contribution in [2.45, 2.75) is 26.8 Å². The molecule has 94 valence electrons. The first kappa shape index (κ1) is 11.3. The number of H-pyrrole nitrogens is 1. The van der Waals surface area contributed by atoms with Gasteiger partial charge in [0.05, 0.1) is 6.54 Å². The predicted molar refractivity (Wildman–Crippen MR) is 70.1 cm³/mol. The molecule has 0 bridgehead atoms. The Morgan fingerprint density at radius 3 is 3.11 bits per heavy atom. The Morgan fingerprint density at radius 1 is 1.50 bits per heavy atom. The summed E-state index contributed by atoms with van der Waals surface area (Å²) in [6.45, 7) is 5.39. The quantitative estimate of drug-likeness (QED) is 0.834. The van der Waals surface area contributed by atoms with E-state index in [1.165, 1.54) is 10.9 Å². The molecule has 0 saturated heterocycles. The fraction of sp³-hybridized carbons (Fsp3) is 0.429. The second-order valence-corrected chi connectivity index (χ2v) is 5.15. The molecule has 0 fully saturated rings. The van der Waals surface area contributed by atoms with Gasteiger partial charge in [-0.15, -0.1) is 0 Å². The molecule has 1 amide bonds. The number of hydrogen-bond donors (Lipinski definition) is 1. The van der Waals surface area contributed by atoms with Crippen LogP contribution >= 0.6 is 0 Å². The maximum Gasteiger partial charge on any atom is 0.225 e. The fourth-order valence-electron chi connectivity index (χ4n) is 2.62. The normalized spacial score (nSPS) is 15.2. The van der Waals surface area contributed by atoms with Gasteiger partial charge in [-0.25, -0.2) is 4.98 Å². The second-order valence-electron chi connectivity index (χ2n) is 5.15. The van der Waals surface area contributed by atoms with Crippen LogP contribution in [0.2, 0.25) is 0 Å². The maximum absolute atomic E-state index is 12.0. The number of carbonyl (C=O) groups excluding carboxylic acids is 1. The van der Waals surface area contributed by atoms with Gasteiger partial charge in [0.2, 0.25) is 5.91 Å². The number of nitrogens with one attached hydrogen (secondary N) is 1. The molecule has 3 rings (SSSR count). The number of nitrogens with zero attached hydrogens (tertiary/aromatic N) is 2. The summed E-state index contributed by atoms with van der Waals surface area (Å²) in [4.78, 5) is 21.6. The summed E-state index contributed by atoms with van der Waals surface area (Å²) >= 11 is 0. The first-order valence-electron chi connectivity index (χ1n) is 6.40. The van der Waals surface area contributed by atoms with Crippen molar-refractivity contribution >= 4 is 16.9 Å². The highest BCUT2D eigenvalue weighted by Crippen LogP contribution is 2.26. The van der Waals surface area contributed by atoms with E-state index in [4.69, 9.17) is 0 Å². The number of aromatic amines is 1. The van der Waals surface area contributed by atoms with Gasteiger partial charge in [0.1, 0.15) is 5.65 Å². The van der Waals surface area contributed by atoms with Gasteiger partial charge in [-0.3, -0.25) is 4.79 Å². The molecule has 0 aliphatic carbocycles. The van der Waals surface area contributed by atoms with Crippen LogP contribution in [0.15, 0.2) is 18.3 Å². The molecule has 2 aromatic heterocycles. The highest BCUT2D eigenvalue weighted by molar-refractivity contribution is 5.83. The van der Waals surface area contributed by atoms with E-state index in [0.29, 0.717) is 6.54 Å². The summed E-state index contributed by atoms with van der Waals surface area (Å²) < 4.78 is 0. The summed E-state index contributed by atoms with van der Waals surface area (Å²) in [7, 11) is 0. The molecule has 18 heavy (non-hydrogen) atoms. The zero-order chi connectivity index (χ0) is 12.7. The van der Waals surface area contributed by atoms with E-state index in [9.17, 15) is 4.79 Å². The first-order chi connectivity index (χ1) is 8.66. The molecule has 1 aliphatic heterocycles. The minimum Gasteiger partial charge on any atom is -0.341 e. The molecule has 0 unspecified atom stereocenters. The third-order valence-corrected chi connectivity index (χ3v) is 3.55. The van der Waals surface area contributed by atoms with E-state index in [-0.39, 0.29) is 11.8 Å². The molecule has 1 N–H and O–H groups in total. The molecule has 3 heterocycles. The maximum atomic E-state index is 12.0. The van der Waals surface area contributed by atoms with Crippen LogP contribution in [0.4, 0.5) is 0 Å². The Kier molecular flexibility index (Phi) is 2.58. The highest BCUT2D eigenvalue weighted by atomic mass is 16.2. The lowest BCUT2D eigenvalue weighted by molar-refractivity contribution is -0.135. The van der Waals surface area contributed by atoms with Crippen molar-refractivity contribution in [1.82, 2.24) is 14.9 Å². The van der Waals surface area contributed by atoms with Crippen LogP contribution in [0.3, 0.4) is 0 Å². The van der Waals surface area contributed by atoms with E-state index >= 15 is 0 Å². The number of aromatic nitrogens is 2. The van der Waals surface area contributed by atoms with Crippen LogP contribution in [0.5, 0.6) is 0 Å². The lowest BCUT2D eigenvalue weighted by atomic mass is 10.0. The number of fused-ring (bicyclic) bond motifs is 3. The Hall–Kier alpha value is -1.84. The zero-order valence-corrected chi connectivity index (χ0v) is 10.7. The topological polar surface area (TPSA) is 49.0 Å². The largest absolute Gasteiger partial charge is 0.341 e. The van der Waals surface area contributed by atoms with Gasteiger partial charge in [-0.2, -0.15) is 0 Å². The van der Waals surface area contributed by atoms with Crippen LogP contribution in [0, 0.1) is 5.92 Å². The van der Waals surface area contributed by atoms with Gasteiger partial charge in [0.25, 0.3) is 0 Å². The molecule has 0 atom stereocenters. The van der Waals surface area contributed by atoms with E-state index < -0.39 is 0 Å². The van der Waals surface area contributed by atoms with Gasteiger partial charge >= 0.3 is 0 Å². The molecular formula is C14H17N3O. The molecule has 2 aromatic rings. The summed E-state index contributed by atoms with van der Waals surface area (Å²) in [6, 6.07) is 4.06. The summed E-state index contributed by atoms with van der Waals surface area (Å²) in [6.07, 6.45) is 2.71. The Labute approximate surface area is 106 Å². The van der Waals surface area contributed by atoms with Crippen LogP contribution in [-0.4, -0.2) is 27.3 Å². The molecule has 0 saturated carbocycles. The number of hydrogen-bond acceptors (Lipinski definition) is 2. The van der Waals surface area contributed by atoms with Crippen molar-refractivity contribution < 1.29 is 4.79 Å². The number of rotatable bonds is 1. The molecule has 0 radical (unpaired) electrons. The Balaban J connectivity index is 1.96. The van der Waals surface area contributed by atoms with Crippen molar-refractivity contribution in [2.75, 3.05) is 6.54 Å². The van der Waals surface area contributed by atoms with Crippen molar-refractivity contribution in [2.24, 2.45) is 5.92 Å². The van der Waals surface area contributed by atoms with Gasteiger partial charge in [-0.05, 0) is 24.1 Å². The predicted octanol–water partition coefficient (Wildman–Crippen LogP) is 2.10. The third-order valence-electron chi connectivity index (χ3n) is 3.55. The standard InChI is InChI=1S/C14H17N3O/c1-9(2)14(18)17-7-5-10-11-4-3-6-15-13(11)16-12(10)8-17/h3-4,6,9H,5,7-8H2,1-2H3,(H,15,16). The van der Waals surface area contributed by atoms with Gasteiger partial charge in [0.15, 0.2) is 0 Å². The van der Waals surface area contributed by atoms with E-state index in [1.807, 2.05) is 24.8 Å². The van der Waals surface area contributed by atoms with Gasteiger partial charge in [-0.1, -0.05) is 13.8 Å². The van der Waals surface area contributed by atoms with Crippen molar-refractivity contribution in [1.29, 1.82) is 0 Å². The van der Waals surface area contributed by atoms with Crippen LogP contribution in [-0.2, 0) is 17.8 Å². The number of amides is 1.